The Kier molecular flexibility index (Phi) is 4.73. The van der Waals surface area contributed by atoms with Crippen LogP contribution in [0.2, 0.25) is 0 Å². The molecule has 1 aliphatic carbocycles. The topological polar surface area (TPSA) is 46.2 Å². The SMILES string of the molecule is Br.Cc1csc(C2CNCCC3=CC(=O)C(=O)C=C32)c1. The van der Waals surface area contributed by atoms with Crippen LogP contribution >= 0.6 is 28.3 Å². The molecule has 0 amide bonds. The van der Waals surface area contributed by atoms with Crippen LogP contribution in [0.3, 0.4) is 0 Å². The van der Waals surface area contributed by atoms with Crippen molar-refractivity contribution in [2.24, 2.45) is 0 Å². The number of rotatable bonds is 1. The van der Waals surface area contributed by atoms with Gasteiger partial charge in [-0.15, -0.1) is 28.3 Å². The fourth-order valence-electron chi connectivity index (χ4n) is 2.63. The van der Waals surface area contributed by atoms with Gasteiger partial charge in [-0.25, -0.2) is 0 Å². The molecule has 1 aromatic rings. The van der Waals surface area contributed by atoms with E-state index in [0.29, 0.717) is 0 Å². The van der Waals surface area contributed by atoms with Gasteiger partial charge >= 0.3 is 0 Å². The minimum Gasteiger partial charge on any atom is -0.315 e. The fourth-order valence-corrected chi connectivity index (χ4v) is 3.65. The van der Waals surface area contributed by atoms with Gasteiger partial charge in [0.1, 0.15) is 0 Å². The van der Waals surface area contributed by atoms with Gasteiger partial charge in [0.15, 0.2) is 0 Å². The number of carbonyl (C=O) groups is 2. The molecule has 5 heteroatoms. The maximum absolute atomic E-state index is 11.7. The molecular formula is C15H16BrNO2S. The number of allylic oxidation sites excluding steroid dienone is 2. The first kappa shape index (κ1) is 15.4. The summed E-state index contributed by atoms with van der Waals surface area (Å²) in [5, 5.41) is 5.52. The van der Waals surface area contributed by atoms with Crippen LogP contribution in [0.1, 0.15) is 22.8 Å². The molecule has 2 heterocycles. The zero-order valence-corrected chi connectivity index (χ0v) is 13.7. The van der Waals surface area contributed by atoms with E-state index in [1.807, 2.05) is 0 Å². The largest absolute Gasteiger partial charge is 0.315 e. The van der Waals surface area contributed by atoms with Crippen LogP contribution in [0.25, 0.3) is 0 Å². The second kappa shape index (κ2) is 6.16. The summed E-state index contributed by atoms with van der Waals surface area (Å²) in [5.74, 6) is -0.592. The Balaban J connectivity index is 0.00000147. The average molecular weight is 354 g/mol. The van der Waals surface area contributed by atoms with E-state index in [2.05, 4.69) is 23.7 Å². The first-order valence-corrected chi connectivity index (χ1v) is 7.29. The van der Waals surface area contributed by atoms with Crippen LogP contribution in [0.4, 0.5) is 0 Å². The minimum absolute atomic E-state index is 0. The van der Waals surface area contributed by atoms with Gasteiger partial charge in [0, 0.05) is 17.3 Å². The molecule has 20 heavy (non-hydrogen) atoms. The minimum atomic E-state index is -0.390. The summed E-state index contributed by atoms with van der Waals surface area (Å²) in [5.41, 5.74) is 3.29. The third kappa shape index (κ3) is 2.85. The van der Waals surface area contributed by atoms with Crippen LogP contribution in [0.15, 0.2) is 34.7 Å². The van der Waals surface area contributed by atoms with Gasteiger partial charge in [-0.1, -0.05) is 0 Å². The van der Waals surface area contributed by atoms with E-state index < -0.39 is 0 Å². The third-order valence-electron chi connectivity index (χ3n) is 3.59. The number of fused-ring (bicyclic) bond motifs is 1. The Morgan fingerprint density at radius 1 is 1.25 bits per heavy atom. The summed E-state index contributed by atoms with van der Waals surface area (Å²) >= 11 is 1.72. The van der Waals surface area contributed by atoms with Crippen molar-refractivity contribution in [3.05, 3.63) is 45.2 Å². The lowest BCUT2D eigenvalue weighted by atomic mass is 9.85. The maximum Gasteiger partial charge on any atom is 0.226 e. The zero-order valence-electron chi connectivity index (χ0n) is 11.1. The second-order valence-electron chi connectivity index (χ2n) is 5.03. The molecule has 1 atom stereocenters. The summed E-state index contributed by atoms with van der Waals surface area (Å²) in [7, 11) is 0. The Hall–Kier alpha value is -1.04. The monoisotopic (exact) mass is 353 g/mol. The van der Waals surface area contributed by atoms with Gasteiger partial charge in [0.25, 0.3) is 0 Å². The van der Waals surface area contributed by atoms with Crippen molar-refractivity contribution in [2.75, 3.05) is 13.1 Å². The molecule has 1 N–H and O–H groups in total. The Morgan fingerprint density at radius 3 is 2.70 bits per heavy atom. The number of halogens is 1. The van der Waals surface area contributed by atoms with Crippen LogP contribution in [0, 0.1) is 6.92 Å². The summed E-state index contributed by atoms with van der Waals surface area (Å²) in [6.07, 6.45) is 3.88. The number of aryl methyl sites for hydroxylation is 1. The van der Waals surface area contributed by atoms with E-state index in [0.717, 1.165) is 30.7 Å². The van der Waals surface area contributed by atoms with Crippen molar-refractivity contribution in [3.63, 3.8) is 0 Å². The lowest BCUT2D eigenvalue weighted by molar-refractivity contribution is -0.131. The molecule has 1 aromatic heterocycles. The van der Waals surface area contributed by atoms with Gasteiger partial charge in [-0.3, -0.25) is 9.59 Å². The van der Waals surface area contributed by atoms with Gasteiger partial charge in [0.05, 0.1) is 0 Å². The number of nitrogens with one attached hydrogen (secondary N) is 1. The van der Waals surface area contributed by atoms with E-state index >= 15 is 0 Å². The lowest BCUT2D eigenvalue weighted by Gasteiger charge is -2.20. The van der Waals surface area contributed by atoms with Crippen molar-refractivity contribution >= 4 is 39.9 Å². The van der Waals surface area contributed by atoms with Gasteiger partial charge in [0.2, 0.25) is 11.6 Å². The Morgan fingerprint density at radius 2 is 2.00 bits per heavy atom. The van der Waals surface area contributed by atoms with E-state index in [1.165, 1.54) is 16.5 Å². The van der Waals surface area contributed by atoms with E-state index in [-0.39, 0.29) is 34.5 Å². The molecule has 1 unspecified atom stereocenters. The number of hydrogen-bond acceptors (Lipinski definition) is 4. The normalized spacial score (nSPS) is 22.4. The smallest absolute Gasteiger partial charge is 0.226 e. The summed E-state index contributed by atoms with van der Waals surface area (Å²) in [6.45, 7) is 3.75. The van der Waals surface area contributed by atoms with Crippen molar-refractivity contribution in [3.8, 4) is 0 Å². The standard InChI is InChI=1S/C15H15NO2S.BrH/c1-9-4-15(19-8-9)12-7-16-3-2-10-5-13(17)14(18)6-11(10)12;/h4-6,8,12,16H,2-3,7H2,1H3;1H. The van der Waals surface area contributed by atoms with E-state index in [4.69, 9.17) is 0 Å². The molecule has 1 fully saturated rings. The Labute approximate surface area is 132 Å². The second-order valence-corrected chi connectivity index (χ2v) is 5.97. The molecule has 0 spiro atoms. The maximum atomic E-state index is 11.7. The highest BCUT2D eigenvalue weighted by molar-refractivity contribution is 8.93. The zero-order chi connectivity index (χ0) is 13.4. The molecule has 1 aliphatic heterocycles. The number of ketones is 2. The Bertz CT molecular complexity index is 615. The molecule has 3 nitrogen and oxygen atoms in total. The molecule has 106 valence electrons. The van der Waals surface area contributed by atoms with Crippen LogP contribution in [-0.4, -0.2) is 24.7 Å². The molecule has 2 aliphatic rings. The molecule has 0 radical (unpaired) electrons. The van der Waals surface area contributed by atoms with E-state index in [9.17, 15) is 9.59 Å². The molecule has 0 aromatic carbocycles. The van der Waals surface area contributed by atoms with E-state index in [1.54, 1.807) is 17.4 Å². The van der Waals surface area contributed by atoms with Crippen molar-refractivity contribution in [1.82, 2.24) is 5.32 Å². The highest BCUT2D eigenvalue weighted by atomic mass is 79.9. The molecule has 0 bridgehead atoms. The third-order valence-corrected chi connectivity index (χ3v) is 4.76. The lowest BCUT2D eigenvalue weighted by Crippen LogP contribution is -2.21. The average Bonchev–Trinajstić information content (AvgIpc) is 2.70. The van der Waals surface area contributed by atoms with Crippen LogP contribution in [0.5, 0.6) is 0 Å². The number of hydrogen-bond donors (Lipinski definition) is 1. The quantitative estimate of drug-likeness (QED) is 0.623. The van der Waals surface area contributed by atoms with Crippen molar-refractivity contribution < 1.29 is 9.59 Å². The summed E-state index contributed by atoms with van der Waals surface area (Å²) in [4.78, 5) is 24.4. The number of carbonyl (C=O) groups excluding carboxylic acids is 2. The van der Waals surface area contributed by atoms with Crippen molar-refractivity contribution in [2.45, 2.75) is 19.3 Å². The molecule has 3 rings (SSSR count). The van der Waals surface area contributed by atoms with Gasteiger partial charge in [-0.2, -0.15) is 0 Å². The van der Waals surface area contributed by atoms with Gasteiger partial charge in [-0.05, 0) is 60.2 Å². The summed E-state index contributed by atoms with van der Waals surface area (Å²) in [6, 6.07) is 2.17. The van der Waals surface area contributed by atoms with Gasteiger partial charge < -0.3 is 5.32 Å². The molecule has 0 saturated carbocycles. The van der Waals surface area contributed by atoms with Crippen molar-refractivity contribution in [1.29, 1.82) is 0 Å². The molecule has 1 saturated heterocycles. The highest BCUT2D eigenvalue weighted by Crippen LogP contribution is 2.36. The predicted molar refractivity (Wildman–Crippen MR) is 85.8 cm³/mol. The number of thiophene rings is 1. The summed E-state index contributed by atoms with van der Waals surface area (Å²) < 4.78 is 0. The highest BCUT2D eigenvalue weighted by Gasteiger charge is 2.29. The fraction of sp³-hybridized carbons (Fsp3) is 0.333. The predicted octanol–water partition coefficient (Wildman–Crippen LogP) is 2.72. The van der Waals surface area contributed by atoms with Crippen LogP contribution in [-0.2, 0) is 9.59 Å². The first-order chi connectivity index (χ1) is 9.15. The first-order valence-electron chi connectivity index (χ1n) is 6.42. The van der Waals surface area contributed by atoms with Crippen LogP contribution < -0.4 is 5.32 Å². The molecular weight excluding hydrogens is 338 g/mol.